The third-order valence-corrected chi connectivity index (χ3v) is 2.88. The van der Waals surface area contributed by atoms with Gasteiger partial charge in [-0.1, -0.05) is 12.1 Å². The molecule has 1 aromatic carbocycles. The predicted molar refractivity (Wildman–Crippen MR) is 85.3 cm³/mol. The monoisotopic (exact) mass is 323 g/mol. The summed E-state index contributed by atoms with van der Waals surface area (Å²) in [5.41, 5.74) is 12.0. The van der Waals surface area contributed by atoms with Crippen LogP contribution in [0.5, 0.6) is 11.5 Å². The molecule has 0 saturated heterocycles. The molecule has 0 aliphatic rings. The van der Waals surface area contributed by atoms with Crippen LogP contribution in [0.15, 0.2) is 42.6 Å². The average Bonchev–Trinajstić information content (AvgIpc) is 2.49. The predicted octanol–water partition coefficient (Wildman–Crippen LogP) is 1.26. The second-order valence-corrected chi connectivity index (χ2v) is 4.63. The van der Waals surface area contributed by atoms with Gasteiger partial charge in [-0.3, -0.25) is 9.78 Å². The SMILES string of the molecule is Cl.NC(=O)c1cc(Oc2ccc(CC(N)CO)cc2)ccn1. The fraction of sp³-hybridized carbons (Fsp3) is 0.200. The molecule has 1 unspecified atom stereocenters. The molecule has 0 fully saturated rings. The number of nitrogens with zero attached hydrogens (tertiary/aromatic N) is 1. The van der Waals surface area contributed by atoms with Gasteiger partial charge < -0.3 is 21.3 Å². The van der Waals surface area contributed by atoms with Gasteiger partial charge in [0.05, 0.1) is 6.61 Å². The maximum absolute atomic E-state index is 11.1. The van der Waals surface area contributed by atoms with Crippen LogP contribution in [0.25, 0.3) is 0 Å². The lowest BCUT2D eigenvalue weighted by Crippen LogP contribution is -2.26. The highest BCUT2D eigenvalue weighted by Crippen LogP contribution is 2.22. The Hall–Kier alpha value is -2.15. The Balaban J connectivity index is 0.00000242. The molecule has 0 radical (unpaired) electrons. The number of benzene rings is 1. The maximum atomic E-state index is 11.1. The lowest BCUT2D eigenvalue weighted by molar-refractivity contribution is 0.0995. The molecule has 22 heavy (non-hydrogen) atoms. The molecule has 1 atom stereocenters. The number of pyridine rings is 1. The summed E-state index contributed by atoms with van der Waals surface area (Å²) in [6.45, 7) is -0.0504. The van der Waals surface area contributed by atoms with Gasteiger partial charge in [-0.25, -0.2) is 0 Å². The summed E-state index contributed by atoms with van der Waals surface area (Å²) in [7, 11) is 0. The summed E-state index contributed by atoms with van der Waals surface area (Å²) >= 11 is 0. The van der Waals surface area contributed by atoms with E-state index in [1.165, 1.54) is 12.3 Å². The van der Waals surface area contributed by atoms with Gasteiger partial charge in [-0.2, -0.15) is 0 Å². The van der Waals surface area contributed by atoms with Crippen molar-refractivity contribution in [1.29, 1.82) is 0 Å². The number of aliphatic hydroxyl groups excluding tert-OH is 1. The number of aliphatic hydroxyl groups is 1. The van der Waals surface area contributed by atoms with E-state index < -0.39 is 5.91 Å². The zero-order chi connectivity index (χ0) is 15.2. The van der Waals surface area contributed by atoms with Crippen molar-refractivity contribution in [3.8, 4) is 11.5 Å². The van der Waals surface area contributed by atoms with Crippen molar-refractivity contribution in [3.05, 3.63) is 53.9 Å². The Morgan fingerprint density at radius 1 is 1.23 bits per heavy atom. The van der Waals surface area contributed by atoms with Gasteiger partial charge in [0, 0.05) is 18.3 Å². The largest absolute Gasteiger partial charge is 0.457 e. The van der Waals surface area contributed by atoms with Gasteiger partial charge in [-0.05, 0) is 30.2 Å². The molecule has 2 rings (SSSR count). The Bertz CT molecular complexity index is 620. The van der Waals surface area contributed by atoms with Crippen molar-refractivity contribution < 1.29 is 14.6 Å². The Morgan fingerprint density at radius 3 is 2.50 bits per heavy atom. The van der Waals surface area contributed by atoms with Crippen molar-refractivity contribution >= 4 is 18.3 Å². The summed E-state index contributed by atoms with van der Waals surface area (Å²) in [5.74, 6) is 0.505. The summed E-state index contributed by atoms with van der Waals surface area (Å²) in [6.07, 6.45) is 2.06. The summed E-state index contributed by atoms with van der Waals surface area (Å²) < 4.78 is 5.63. The van der Waals surface area contributed by atoms with Gasteiger partial charge in [0.15, 0.2) is 0 Å². The summed E-state index contributed by atoms with van der Waals surface area (Å²) in [6, 6.07) is 10.2. The highest BCUT2D eigenvalue weighted by molar-refractivity contribution is 5.91. The van der Waals surface area contributed by atoms with Crippen molar-refractivity contribution in [2.24, 2.45) is 11.5 Å². The first-order chi connectivity index (χ1) is 10.1. The van der Waals surface area contributed by atoms with Crippen molar-refractivity contribution in [2.45, 2.75) is 12.5 Å². The van der Waals surface area contributed by atoms with E-state index in [0.717, 1.165) is 5.56 Å². The van der Waals surface area contributed by atoms with Crippen LogP contribution < -0.4 is 16.2 Å². The normalized spacial score (nSPS) is 11.4. The first-order valence-corrected chi connectivity index (χ1v) is 6.47. The maximum Gasteiger partial charge on any atom is 0.267 e. The van der Waals surface area contributed by atoms with E-state index >= 15 is 0 Å². The molecule has 118 valence electrons. The number of primary amides is 1. The molecule has 0 aliphatic carbocycles. The zero-order valence-electron chi connectivity index (χ0n) is 11.8. The topological polar surface area (TPSA) is 111 Å². The number of hydrogen-bond donors (Lipinski definition) is 3. The molecule has 2 aromatic rings. The third-order valence-electron chi connectivity index (χ3n) is 2.88. The first kappa shape index (κ1) is 17.9. The second-order valence-electron chi connectivity index (χ2n) is 4.63. The van der Waals surface area contributed by atoms with E-state index in [9.17, 15) is 4.79 Å². The smallest absolute Gasteiger partial charge is 0.267 e. The quantitative estimate of drug-likeness (QED) is 0.741. The number of halogens is 1. The molecule has 1 amide bonds. The molecule has 0 saturated carbocycles. The number of nitrogens with two attached hydrogens (primary N) is 2. The molecule has 0 bridgehead atoms. The number of hydrogen-bond acceptors (Lipinski definition) is 5. The van der Waals surface area contributed by atoms with Gasteiger partial charge in [0.2, 0.25) is 0 Å². The van der Waals surface area contributed by atoms with Crippen LogP contribution in [0.3, 0.4) is 0 Å². The van der Waals surface area contributed by atoms with Gasteiger partial charge in [-0.15, -0.1) is 12.4 Å². The van der Waals surface area contributed by atoms with Crippen LogP contribution in [0, 0.1) is 0 Å². The van der Waals surface area contributed by atoms with E-state index in [4.69, 9.17) is 21.3 Å². The Kier molecular flexibility index (Phi) is 6.78. The van der Waals surface area contributed by atoms with Crippen LogP contribution in [-0.2, 0) is 6.42 Å². The van der Waals surface area contributed by atoms with E-state index in [1.54, 1.807) is 18.2 Å². The molecule has 1 aromatic heterocycles. The van der Waals surface area contributed by atoms with Gasteiger partial charge in [0.1, 0.15) is 17.2 Å². The average molecular weight is 324 g/mol. The number of ether oxygens (including phenoxy) is 1. The van der Waals surface area contributed by atoms with E-state index in [1.807, 2.05) is 12.1 Å². The van der Waals surface area contributed by atoms with Crippen LogP contribution in [-0.4, -0.2) is 28.6 Å². The number of carbonyl (C=O) groups excluding carboxylic acids is 1. The van der Waals surface area contributed by atoms with Crippen molar-refractivity contribution in [2.75, 3.05) is 6.61 Å². The Morgan fingerprint density at radius 2 is 1.91 bits per heavy atom. The number of carbonyl (C=O) groups is 1. The van der Waals surface area contributed by atoms with Crippen LogP contribution in [0.2, 0.25) is 0 Å². The molecule has 0 aliphatic heterocycles. The van der Waals surface area contributed by atoms with Crippen LogP contribution in [0.1, 0.15) is 16.1 Å². The molecule has 7 heteroatoms. The van der Waals surface area contributed by atoms with E-state index in [-0.39, 0.29) is 30.7 Å². The highest BCUT2D eigenvalue weighted by Gasteiger charge is 2.06. The molecular formula is C15H18ClN3O3. The fourth-order valence-electron chi connectivity index (χ4n) is 1.81. The molecule has 0 spiro atoms. The number of amides is 1. The van der Waals surface area contributed by atoms with E-state index in [0.29, 0.717) is 17.9 Å². The van der Waals surface area contributed by atoms with Crippen molar-refractivity contribution in [1.82, 2.24) is 4.98 Å². The highest BCUT2D eigenvalue weighted by atomic mass is 35.5. The van der Waals surface area contributed by atoms with Crippen molar-refractivity contribution in [3.63, 3.8) is 0 Å². The number of rotatable bonds is 6. The first-order valence-electron chi connectivity index (χ1n) is 6.47. The number of aromatic nitrogens is 1. The minimum atomic E-state index is -0.603. The molecule has 5 N–H and O–H groups in total. The van der Waals surface area contributed by atoms with Crippen LogP contribution >= 0.6 is 12.4 Å². The molecule has 6 nitrogen and oxygen atoms in total. The fourth-order valence-corrected chi connectivity index (χ4v) is 1.81. The molecular weight excluding hydrogens is 306 g/mol. The minimum Gasteiger partial charge on any atom is -0.457 e. The standard InChI is InChI=1S/C15H17N3O3.ClH/c16-11(9-19)7-10-1-3-12(4-2-10)21-13-5-6-18-14(8-13)15(17)20;/h1-6,8,11,19H,7,9,16H2,(H2,17,20);1H. The lowest BCUT2D eigenvalue weighted by Gasteiger charge is -2.10. The minimum absolute atomic E-state index is 0. The van der Waals surface area contributed by atoms with Gasteiger partial charge >= 0.3 is 0 Å². The zero-order valence-corrected chi connectivity index (χ0v) is 12.6. The van der Waals surface area contributed by atoms with E-state index in [2.05, 4.69) is 4.98 Å². The van der Waals surface area contributed by atoms with Gasteiger partial charge in [0.25, 0.3) is 5.91 Å². The lowest BCUT2D eigenvalue weighted by atomic mass is 10.1. The summed E-state index contributed by atoms with van der Waals surface area (Å²) in [5, 5.41) is 8.92. The molecule has 1 heterocycles. The van der Waals surface area contributed by atoms with Crippen LogP contribution in [0.4, 0.5) is 0 Å². The Labute approximate surface area is 134 Å². The summed E-state index contributed by atoms with van der Waals surface area (Å²) in [4.78, 5) is 14.9. The second kappa shape index (κ2) is 8.33. The third kappa shape index (κ3) is 5.00.